The lowest BCUT2D eigenvalue weighted by Gasteiger charge is -1.96. The van der Waals surface area contributed by atoms with Crippen LogP contribution < -0.4 is 5.73 Å². The van der Waals surface area contributed by atoms with E-state index in [9.17, 15) is 0 Å². The molecule has 0 amide bonds. The Hall–Kier alpha value is -0.780. The maximum absolute atomic E-state index is 8.32. The smallest absolute Gasteiger partial charge is 0.170 e. The highest BCUT2D eigenvalue weighted by atomic mass is 127. The monoisotopic (exact) mass is 262 g/mol. The summed E-state index contributed by atoms with van der Waals surface area (Å²) < 4.78 is 1.12. The van der Waals surface area contributed by atoms with Gasteiger partial charge in [-0.3, -0.25) is 0 Å². The summed E-state index contributed by atoms with van der Waals surface area (Å²) in [4.78, 5) is 0. The number of halogens is 1. The third-order valence-corrected chi connectivity index (χ3v) is 1.97. The first-order chi connectivity index (χ1) is 5.24. The van der Waals surface area contributed by atoms with Crippen LogP contribution in [0.5, 0.6) is 0 Å². The molecule has 4 heteroatoms. The van der Waals surface area contributed by atoms with Gasteiger partial charge < -0.3 is 10.9 Å². The predicted octanol–water partition coefficient (Wildman–Crippen LogP) is 1.39. The van der Waals surface area contributed by atoms with Crippen molar-refractivity contribution in [2.24, 2.45) is 10.9 Å². The van der Waals surface area contributed by atoms with Crippen LogP contribution in [0.3, 0.4) is 0 Å². The minimum absolute atomic E-state index is 0.140. The fraction of sp³-hybridized carbons (Fsp3) is 0. The van der Waals surface area contributed by atoms with E-state index in [-0.39, 0.29) is 5.84 Å². The number of benzene rings is 1. The zero-order valence-electron chi connectivity index (χ0n) is 5.66. The summed E-state index contributed by atoms with van der Waals surface area (Å²) in [6, 6.07) is 7.40. The Balaban J connectivity index is 2.99. The van der Waals surface area contributed by atoms with Gasteiger partial charge in [0.25, 0.3) is 0 Å². The third-order valence-electron chi connectivity index (χ3n) is 1.25. The number of oxime groups is 1. The van der Waals surface area contributed by atoms with Crippen LogP contribution in [0.15, 0.2) is 29.4 Å². The van der Waals surface area contributed by atoms with Crippen LogP contribution in [0, 0.1) is 3.57 Å². The second-order valence-corrected chi connectivity index (χ2v) is 3.24. The van der Waals surface area contributed by atoms with Crippen LogP contribution in [0.2, 0.25) is 0 Å². The van der Waals surface area contributed by atoms with Gasteiger partial charge in [0.1, 0.15) is 0 Å². The molecule has 0 aliphatic rings. The molecule has 1 aromatic carbocycles. The average molecular weight is 262 g/mol. The Morgan fingerprint density at radius 3 is 2.36 bits per heavy atom. The van der Waals surface area contributed by atoms with E-state index in [1.54, 1.807) is 12.1 Å². The van der Waals surface area contributed by atoms with E-state index in [4.69, 9.17) is 10.9 Å². The van der Waals surface area contributed by atoms with Gasteiger partial charge >= 0.3 is 0 Å². The molecule has 0 unspecified atom stereocenters. The molecule has 0 heterocycles. The van der Waals surface area contributed by atoms with Crippen LogP contribution in [-0.2, 0) is 0 Å². The van der Waals surface area contributed by atoms with Crippen molar-refractivity contribution in [1.29, 1.82) is 0 Å². The number of amidine groups is 1. The zero-order valence-corrected chi connectivity index (χ0v) is 7.82. The van der Waals surface area contributed by atoms with Gasteiger partial charge in [-0.05, 0) is 34.7 Å². The molecule has 1 rings (SSSR count). The normalized spacial score (nSPS) is 11.5. The molecule has 3 N–H and O–H groups in total. The lowest BCUT2D eigenvalue weighted by Crippen LogP contribution is -2.12. The molecule has 0 aliphatic heterocycles. The van der Waals surface area contributed by atoms with Crippen LogP contribution in [0.4, 0.5) is 0 Å². The molecule has 0 spiro atoms. The van der Waals surface area contributed by atoms with Gasteiger partial charge in [0.05, 0.1) is 0 Å². The predicted molar refractivity (Wildman–Crippen MR) is 51.7 cm³/mol. The van der Waals surface area contributed by atoms with Crippen LogP contribution in [0.1, 0.15) is 5.56 Å². The Morgan fingerprint density at radius 2 is 1.91 bits per heavy atom. The standard InChI is InChI=1S/C7H7IN2O/c8-6-3-1-5(2-4-6)7(9)10-11/h1-4,11H,(H2,9,10). The van der Waals surface area contributed by atoms with Crippen molar-refractivity contribution in [3.63, 3.8) is 0 Å². The summed E-state index contributed by atoms with van der Waals surface area (Å²) in [6.07, 6.45) is 0. The molecule has 0 saturated heterocycles. The Morgan fingerprint density at radius 1 is 1.36 bits per heavy atom. The molecule has 0 fully saturated rings. The molecule has 0 saturated carbocycles. The zero-order chi connectivity index (χ0) is 8.27. The number of hydrogen-bond acceptors (Lipinski definition) is 2. The van der Waals surface area contributed by atoms with Crippen molar-refractivity contribution < 1.29 is 5.21 Å². The van der Waals surface area contributed by atoms with E-state index in [0.29, 0.717) is 0 Å². The first-order valence-corrected chi connectivity index (χ1v) is 4.05. The molecular weight excluding hydrogens is 255 g/mol. The lowest BCUT2D eigenvalue weighted by molar-refractivity contribution is 0.318. The maximum Gasteiger partial charge on any atom is 0.170 e. The summed E-state index contributed by atoms with van der Waals surface area (Å²) in [5.74, 6) is 0.140. The first kappa shape index (κ1) is 8.32. The molecular formula is C7H7IN2O. The molecule has 11 heavy (non-hydrogen) atoms. The van der Waals surface area contributed by atoms with Crippen LogP contribution in [0.25, 0.3) is 0 Å². The van der Waals surface area contributed by atoms with Gasteiger partial charge in [-0.15, -0.1) is 0 Å². The SMILES string of the molecule is NC(=NO)c1ccc(I)cc1. The largest absolute Gasteiger partial charge is 0.409 e. The fourth-order valence-corrected chi connectivity index (χ4v) is 1.04. The second kappa shape index (κ2) is 3.56. The summed E-state index contributed by atoms with van der Waals surface area (Å²) in [7, 11) is 0. The first-order valence-electron chi connectivity index (χ1n) is 2.97. The number of rotatable bonds is 1. The lowest BCUT2D eigenvalue weighted by atomic mass is 10.2. The summed E-state index contributed by atoms with van der Waals surface area (Å²) in [6.45, 7) is 0. The highest BCUT2D eigenvalue weighted by Crippen LogP contribution is 2.05. The molecule has 0 bridgehead atoms. The Bertz CT molecular complexity index is 268. The minimum Gasteiger partial charge on any atom is -0.409 e. The molecule has 0 aliphatic carbocycles. The van der Waals surface area contributed by atoms with Gasteiger partial charge in [0.2, 0.25) is 0 Å². The second-order valence-electron chi connectivity index (χ2n) is 1.99. The third kappa shape index (κ3) is 2.07. The van der Waals surface area contributed by atoms with Crippen molar-refractivity contribution in [3.8, 4) is 0 Å². The average Bonchev–Trinajstić information content (AvgIpc) is 2.05. The van der Waals surface area contributed by atoms with Crippen molar-refractivity contribution in [2.45, 2.75) is 0 Å². The molecule has 3 nitrogen and oxygen atoms in total. The number of nitrogens with two attached hydrogens (primary N) is 1. The highest BCUT2D eigenvalue weighted by Gasteiger charge is 1.96. The molecule has 0 radical (unpaired) electrons. The van der Waals surface area contributed by atoms with E-state index in [2.05, 4.69) is 27.7 Å². The van der Waals surface area contributed by atoms with Gasteiger partial charge in [0, 0.05) is 9.13 Å². The quantitative estimate of drug-likeness (QED) is 0.264. The minimum atomic E-state index is 0.140. The van der Waals surface area contributed by atoms with Crippen LogP contribution in [-0.4, -0.2) is 11.0 Å². The van der Waals surface area contributed by atoms with Crippen molar-refractivity contribution >= 4 is 28.4 Å². The van der Waals surface area contributed by atoms with Crippen molar-refractivity contribution in [2.75, 3.05) is 0 Å². The van der Waals surface area contributed by atoms with Gasteiger partial charge in [-0.2, -0.15) is 0 Å². The Labute approximate surface area is 78.0 Å². The van der Waals surface area contributed by atoms with Gasteiger partial charge in [0.15, 0.2) is 5.84 Å². The highest BCUT2D eigenvalue weighted by molar-refractivity contribution is 14.1. The van der Waals surface area contributed by atoms with Crippen LogP contribution >= 0.6 is 22.6 Å². The van der Waals surface area contributed by atoms with E-state index in [1.165, 1.54) is 0 Å². The molecule has 0 aromatic heterocycles. The topological polar surface area (TPSA) is 58.6 Å². The van der Waals surface area contributed by atoms with E-state index < -0.39 is 0 Å². The number of nitrogens with zero attached hydrogens (tertiary/aromatic N) is 1. The maximum atomic E-state index is 8.32. The Kier molecular flexibility index (Phi) is 2.70. The fourth-order valence-electron chi connectivity index (χ4n) is 0.678. The summed E-state index contributed by atoms with van der Waals surface area (Å²) >= 11 is 2.19. The molecule has 58 valence electrons. The number of hydrogen-bond donors (Lipinski definition) is 2. The summed E-state index contributed by atoms with van der Waals surface area (Å²) in [5, 5.41) is 11.2. The van der Waals surface area contributed by atoms with Crippen molar-refractivity contribution in [3.05, 3.63) is 33.4 Å². The van der Waals surface area contributed by atoms with E-state index in [1.807, 2.05) is 12.1 Å². The van der Waals surface area contributed by atoms with E-state index in [0.717, 1.165) is 9.13 Å². The summed E-state index contributed by atoms with van der Waals surface area (Å²) in [5.41, 5.74) is 6.07. The van der Waals surface area contributed by atoms with Gasteiger partial charge in [-0.1, -0.05) is 17.3 Å². The molecule has 0 atom stereocenters. The van der Waals surface area contributed by atoms with Crippen molar-refractivity contribution in [1.82, 2.24) is 0 Å². The van der Waals surface area contributed by atoms with Gasteiger partial charge in [-0.25, -0.2) is 0 Å². The van der Waals surface area contributed by atoms with E-state index >= 15 is 0 Å². The molecule has 1 aromatic rings.